The highest BCUT2D eigenvalue weighted by Crippen LogP contribution is 2.04. The topological polar surface area (TPSA) is 129 Å². The van der Waals surface area contributed by atoms with Crippen molar-refractivity contribution in [3.8, 4) is 0 Å². The van der Waals surface area contributed by atoms with Crippen LogP contribution in [0.5, 0.6) is 0 Å². The summed E-state index contributed by atoms with van der Waals surface area (Å²) in [6, 6.07) is 0. The van der Waals surface area contributed by atoms with E-state index in [4.69, 9.17) is 22.0 Å². The van der Waals surface area contributed by atoms with Crippen molar-refractivity contribution >= 4 is 17.9 Å². The van der Waals surface area contributed by atoms with E-state index in [9.17, 15) is 4.79 Å². The Labute approximate surface area is 115 Å². The van der Waals surface area contributed by atoms with E-state index in [1.54, 1.807) is 14.1 Å². The van der Waals surface area contributed by atoms with E-state index in [-0.39, 0.29) is 11.9 Å². The van der Waals surface area contributed by atoms with Crippen LogP contribution < -0.4 is 11.5 Å². The standard InChI is InChI=1S/C8H16O2.C4H11N5/c1-2-3-4-5-6-7-8(9)10;1-9(2)4(7)8-3(5)6/h2-7H2,1H3,(H,9,10);1-2H3,(H5,5,6,7,8). The minimum Gasteiger partial charge on any atom is -0.481 e. The van der Waals surface area contributed by atoms with Crippen molar-refractivity contribution in [2.75, 3.05) is 14.1 Å². The number of nitrogens with one attached hydrogen (secondary N) is 1. The smallest absolute Gasteiger partial charge is 0.303 e. The second-order valence-electron chi connectivity index (χ2n) is 4.31. The quantitative estimate of drug-likeness (QED) is 0.328. The number of nitrogens with zero attached hydrogens (tertiary/aromatic N) is 2. The molecule has 7 heteroatoms. The molecule has 0 aliphatic rings. The van der Waals surface area contributed by atoms with E-state index in [1.165, 1.54) is 24.2 Å². The number of rotatable bonds is 6. The SMILES string of the molecule is CCCCCCCC(=O)O.CN(C)C(=N)N=C(N)N. The summed E-state index contributed by atoms with van der Waals surface area (Å²) in [6.45, 7) is 2.15. The Balaban J connectivity index is 0. The lowest BCUT2D eigenvalue weighted by atomic mass is 10.1. The molecule has 0 atom stereocenters. The zero-order valence-electron chi connectivity index (χ0n) is 12.1. The van der Waals surface area contributed by atoms with Gasteiger partial charge in [0.2, 0.25) is 5.96 Å². The van der Waals surface area contributed by atoms with Crippen LogP contribution in [0.4, 0.5) is 0 Å². The molecule has 112 valence electrons. The molecule has 7 nitrogen and oxygen atoms in total. The van der Waals surface area contributed by atoms with Crippen molar-refractivity contribution < 1.29 is 9.90 Å². The van der Waals surface area contributed by atoms with Gasteiger partial charge in [-0.15, -0.1) is 0 Å². The van der Waals surface area contributed by atoms with Crippen LogP contribution in [0.15, 0.2) is 4.99 Å². The second-order valence-corrected chi connectivity index (χ2v) is 4.31. The Morgan fingerprint density at radius 1 is 1.21 bits per heavy atom. The fourth-order valence-electron chi connectivity index (χ4n) is 1.10. The maximum atomic E-state index is 10.0. The van der Waals surface area contributed by atoms with Gasteiger partial charge in [0.05, 0.1) is 0 Å². The minimum absolute atomic E-state index is 0.0509. The first-order valence-electron chi connectivity index (χ1n) is 6.38. The number of nitrogens with two attached hydrogens (primary N) is 2. The van der Waals surface area contributed by atoms with Crippen molar-refractivity contribution in [2.45, 2.75) is 45.4 Å². The number of aliphatic carboxylic acids is 1. The summed E-state index contributed by atoms with van der Waals surface area (Å²) < 4.78 is 0. The van der Waals surface area contributed by atoms with Gasteiger partial charge in [-0.2, -0.15) is 4.99 Å². The van der Waals surface area contributed by atoms with Crippen molar-refractivity contribution in [1.82, 2.24) is 4.90 Å². The molecule has 0 aromatic rings. The average Bonchev–Trinajstić information content (AvgIpc) is 2.28. The molecule has 0 unspecified atom stereocenters. The van der Waals surface area contributed by atoms with Crippen LogP contribution >= 0.6 is 0 Å². The van der Waals surface area contributed by atoms with Crippen molar-refractivity contribution in [3.05, 3.63) is 0 Å². The van der Waals surface area contributed by atoms with Crippen LogP contribution in [0.3, 0.4) is 0 Å². The van der Waals surface area contributed by atoms with Crippen LogP contribution in [-0.2, 0) is 4.79 Å². The number of guanidine groups is 2. The van der Waals surface area contributed by atoms with Crippen LogP contribution in [0.1, 0.15) is 45.4 Å². The molecule has 0 aromatic carbocycles. The van der Waals surface area contributed by atoms with Crippen molar-refractivity contribution in [2.24, 2.45) is 16.5 Å². The Bertz CT molecular complexity index is 286. The predicted molar refractivity (Wildman–Crippen MR) is 78.2 cm³/mol. The monoisotopic (exact) mass is 273 g/mol. The van der Waals surface area contributed by atoms with E-state index in [0.717, 1.165) is 12.8 Å². The lowest BCUT2D eigenvalue weighted by Gasteiger charge is -2.07. The predicted octanol–water partition coefficient (Wildman–Crippen LogP) is 1.19. The fourth-order valence-corrected chi connectivity index (χ4v) is 1.10. The van der Waals surface area contributed by atoms with Crippen LogP contribution in [0.25, 0.3) is 0 Å². The fraction of sp³-hybridized carbons (Fsp3) is 0.750. The third-order valence-corrected chi connectivity index (χ3v) is 2.15. The number of hydrogen-bond donors (Lipinski definition) is 4. The summed E-state index contributed by atoms with van der Waals surface area (Å²) in [7, 11) is 3.38. The van der Waals surface area contributed by atoms with Gasteiger partial charge >= 0.3 is 5.97 Å². The lowest BCUT2D eigenvalue weighted by molar-refractivity contribution is -0.137. The number of carbonyl (C=O) groups is 1. The largest absolute Gasteiger partial charge is 0.481 e. The van der Waals surface area contributed by atoms with Gasteiger partial charge in [-0.1, -0.05) is 32.6 Å². The summed E-state index contributed by atoms with van der Waals surface area (Å²) in [5.41, 5.74) is 9.98. The first kappa shape index (κ1) is 19.5. The molecule has 0 saturated heterocycles. The highest BCUT2D eigenvalue weighted by Gasteiger charge is 1.95. The molecule has 0 aromatic heterocycles. The van der Waals surface area contributed by atoms with Gasteiger partial charge in [0.25, 0.3) is 0 Å². The Kier molecular flexibility index (Phi) is 13.0. The third kappa shape index (κ3) is 18.8. The van der Waals surface area contributed by atoms with Crippen molar-refractivity contribution in [1.29, 1.82) is 5.41 Å². The molecular formula is C12H27N5O2. The molecule has 0 heterocycles. The number of hydrogen-bond acceptors (Lipinski definition) is 2. The molecule has 6 N–H and O–H groups in total. The average molecular weight is 273 g/mol. The molecular weight excluding hydrogens is 246 g/mol. The lowest BCUT2D eigenvalue weighted by Crippen LogP contribution is -2.28. The van der Waals surface area contributed by atoms with Gasteiger partial charge in [0.1, 0.15) is 0 Å². The molecule has 19 heavy (non-hydrogen) atoms. The molecule has 0 bridgehead atoms. The molecule has 0 aliphatic carbocycles. The number of carboxylic acids is 1. The Morgan fingerprint density at radius 3 is 2.05 bits per heavy atom. The number of aliphatic imine (C=N–C) groups is 1. The third-order valence-electron chi connectivity index (χ3n) is 2.15. The summed E-state index contributed by atoms with van der Waals surface area (Å²) in [6.07, 6.45) is 5.88. The van der Waals surface area contributed by atoms with Gasteiger partial charge in [0, 0.05) is 20.5 Å². The number of unbranched alkanes of at least 4 members (excludes halogenated alkanes) is 4. The summed E-state index contributed by atoms with van der Waals surface area (Å²) in [5.74, 6) is -0.708. The van der Waals surface area contributed by atoms with Gasteiger partial charge in [-0.25, -0.2) is 0 Å². The van der Waals surface area contributed by atoms with E-state index < -0.39 is 5.97 Å². The summed E-state index contributed by atoms with van der Waals surface area (Å²) >= 11 is 0. The van der Waals surface area contributed by atoms with E-state index >= 15 is 0 Å². The van der Waals surface area contributed by atoms with Gasteiger partial charge < -0.3 is 21.5 Å². The molecule has 0 spiro atoms. The van der Waals surface area contributed by atoms with Crippen LogP contribution in [0, 0.1) is 5.41 Å². The Hall–Kier alpha value is -1.79. The van der Waals surface area contributed by atoms with Gasteiger partial charge in [-0.05, 0) is 6.42 Å². The normalized spacial score (nSPS) is 9.00. The number of carboxylic acid groups (broad SMARTS) is 1. The van der Waals surface area contributed by atoms with Crippen LogP contribution in [0.2, 0.25) is 0 Å². The summed E-state index contributed by atoms with van der Waals surface area (Å²) in [5, 5.41) is 15.3. The summed E-state index contributed by atoms with van der Waals surface area (Å²) in [4.78, 5) is 15.0. The zero-order chi connectivity index (χ0) is 15.3. The highest BCUT2D eigenvalue weighted by atomic mass is 16.4. The zero-order valence-corrected chi connectivity index (χ0v) is 12.1. The van der Waals surface area contributed by atoms with E-state index in [0.29, 0.717) is 6.42 Å². The van der Waals surface area contributed by atoms with E-state index in [2.05, 4.69) is 11.9 Å². The highest BCUT2D eigenvalue weighted by molar-refractivity contribution is 5.91. The second kappa shape index (κ2) is 12.7. The maximum Gasteiger partial charge on any atom is 0.303 e. The van der Waals surface area contributed by atoms with Gasteiger partial charge in [-0.3, -0.25) is 10.2 Å². The Morgan fingerprint density at radius 2 is 1.74 bits per heavy atom. The molecule has 0 saturated carbocycles. The van der Waals surface area contributed by atoms with E-state index in [1.807, 2.05) is 0 Å². The van der Waals surface area contributed by atoms with Crippen molar-refractivity contribution in [3.63, 3.8) is 0 Å². The molecule has 0 fully saturated rings. The first-order chi connectivity index (χ1) is 8.81. The first-order valence-corrected chi connectivity index (χ1v) is 6.38. The maximum absolute atomic E-state index is 10.0. The molecule has 0 amide bonds. The molecule has 0 aliphatic heterocycles. The minimum atomic E-state index is -0.670. The molecule has 0 radical (unpaired) electrons. The van der Waals surface area contributed by atoms with Gasteiger partial charge in [0.15, 0.2) is 5.96 Å². The molecule has 0 rings (SSSR count). The van der Waals surface area contributed by atoms with Crippen LogP contribution in [-0.4, -0.2) is 42.0 Å².